The second-order valence-electron chi connectivity index (χ2n) is 9.58. The molecule has 2 amide bonds. The Morgan fingerprint density at radius 1 is 0.975 bits per heavy atom. The molecule has 2 N–H and O–H groups in total. The summed E-state index contributed by atoms with van der Waals surface area (Å²) in [4.78, 5) is 62.3. The number of carboxylic acids is 2. The second kappa shape index (κ2) is 14.6. The minimum absolute atomic E-state index is 0.00818. The first-order valence-corrected chi connectivity index (χ1v) is 13.0. The minimum Gasteiger partial charge on any atom is -0.487 e. The molecule has 0 bridgehead atoms. The van der Waals surface area contributed by atoms with Crippen molar-refractivity contribution in [2.45, 2.75) is 38.5 Å². The van der Waals surface area contributed by atoms with Crippen LogP contribution in [0.2, 0.25) is 0 Å². The third-order valence-electron chi connectivity index (χ3n) is 6.78. The lowest BCUT2D eigenvalue weighted by Gasteiger charge is -2.35. The normalized spacial score (nSPS) is 15.4. The Kier molecular flexibility index (Phi) is 10.9. The van der Waals surface area contributed by atoms with Gasteiger partial charge in [0.1, 0.15) is 0 Å². The lowest BCUT2D eigenvalue weighted by atomic mass is 9.90. The Morgan fingerprint density at radius 3 is 2.20 bits per heavy atom. The van der Waals surface area contributed by atoms with Crippen molar-refractivity contribution < 1.29 is 39.1 Å². The first kappa shape index (κ1) is 30.0. The van der Waals surface area contributed by atoms with Gasteiger partial charge in [0, 0.05) is 56.3 Å². The van der Waals surface area contributed by atoms with Gasteiger partial charge in [0.15, 0.2) is 5.75 Å². The molecule has 0 radical (unpaired) electrons. The van der Waals surface area contributed by atoms with E-state index < -0.39 is 16.9 Å². The van der Waals surface area contributed by atoms with Crippen LogP contribution in [-0.2, 0) is 20.8 Å². The van der Waals surface area contributed by atoms with Gasteiger partial charge in [-0.2, -0.15) is 0 Å². The van der Waals surface area contributed by atoms with Crippen molar-refractivity contribution in [1.29, 1.82) is 0 Å². The van der Waals surface area contributed by atoms with E-state index in [0.29, 0.717) is 44.3 Å². The van der Waals surface area contributed by atoms with Gasteiger partial charge in [0.2, 0.25) is 5.91 Å². The average Bonchev–Trinajstić information content (AvgIpc) is 2.97. The van der Waals surface area contributed by atoms with Gasteiger partial charge in [-0.25, -0.2) is 9.59 Å². The smallest absolute Gasteiger partial charge is 0.414 e. The fourth-order valence-corrected chi connectivity index (χ4v) is 4.61. The number of piperazine rings is 1. The Labute approximate surface area is 230 Å². The fraction of sp³-hybridized carbons (Fsp3) is 0.444. The van der Waals surface area contributed by atoms with Gasteiger partial charge in [-0.3, -0.25) is 24.7 Å². The van der Waals surface area contributed by atoms with Crippen LogP contribution in [0.4, 0.5) is 5.69 Å². The highest BCUT2D eigenvalue weighted by atomic mass is 16.6. The van der Waals surface area contributed by atoms with E-state index >= 15 is 0 Å². The number of carbonyl (C=O) groups excluding carboxylic acids is 2. The highest BCUT2D eigenvalue weighted by Gasteiger charge is 2.27. The summed E-state index contributed by atoms with van der Waals surface area (Å²) >= 11 is 0. The third-order valence-corrected chi connectivity index (χ3v) is 6.78. The standard InChI is InChI=1S/C25H30N4O5.C2H2O4/c30-24(15-20-7-4-10-26-17-20)27-11-13-28(14-12-27)25(31)21-8-9-22(29(32)33)23(16-21)34-18-19-5-2-1-3-6-19;3-1(4)2(5)6/h4,7-10,16-17,19H,1-3,5-6,11-15,18H2;(H,3,4)(H,5,6). The van der Waals surface area contributed by atoms with E-state index in [1.165, 1.54) is 24.6 Å². The van der Waals surface area contributed by atoms with Crippen LogP contribution in [0.5, 0.6) is 5.75 Å². The van der Waals surface area contributed by atoms with Gasteiger partial charge in [-0.1, -0.05) is 25.3 Å². The maximum absolute atomic E-state index is 13.1. The molecule has 2 aliphatic rings. The molecule has 4 rings (SSSR count). The van der Waals surface area contributed by atoms with Gasteiger partial charge in [0.25, 0.3) is 5.91 Å². The molecule has 1 aromatic carbocycles. The number of nitro groups is 1. The quantitative estimate of drug-likeness (QED) is 0.292. The number of hydrogen-bond acceptors (Lipinski definition) is 8. The zero-order valence-corrected chi connectivity index (χ0v) is 21.9. The van der Waals surface area contributed by atoms with Gasteiger partial charge in [0.05, 0.1) is 18.0 Å². The molecule has 2 aromatic rings. The predicted molar refractivity (Wildman–Crippen MR) is 141 cm³/mol. The van der Waals surface area contributed by atoms with Crippen molar-refractivity contribution in [1.82, 2.24) is 14.8 Å². The molecule has 2 fully saturated rings. The number of amides is 2. The summed E-state index contributed by atoms with van der Waals surface area (Å²) in [7, 11) is 0. The summed E-state index contributed by atoms with van der Waals surface area (Å²) < 4.78 is 5.85. The lowest BCUT2D eigenvalue weighted by Crippen LogP contribution is -2.51. The number of pyridine rings is 1. The number of aromatic nitrogens is 1. The van der Waals surface area contributed by atoms with E-state index in [-0.39, 0.29) is 29.7 Å². The van der Waals surface area contributed by atoms with Gasteiger partial charge < -0.3 is 24.7 Å². The molecular weight excluding hydrogens is 524 g/mol. The number of benzene rings is 1. The third kappa shape index (κ3) is 8.75. The van der Waals surface area contributed by atoms with Crippen molar-refractivity contribution in [3.8, 4) is 5.75 Å². The summed E-state index contributed by atoms with van der Waals surface area (Å²) in [5, 5.41) is 26.3. The molecule has 13 nitrogen and oxygen atoms in total. The number of hydrogen-bond donors (Lipinski definition) is 2. The van der Waals surface area contributed by atoms with Crippen LogP contribution in [0.1, 0.15) is 48.0 Å². The van der Waals surface area contributed by atoms with Crippen molar-refractivity contribution in [2.75, 3.05) is 32.8 Å². The van der Waals surface area contributed by atoms with E-state index in [4.69, 9.17) is 24.5 Å². The Hall–Kier alpha value is -4.55. The van der Waals surface area contributed by atoms with Crippen LogP contribution in [0, 0.1) is 16.0 Å². The average molecular weight is 557 g/mol. The SMILES string of the molecule is O=C(Cc1cccnc1)N1CCN(C(=O)c2ccc([N+](=O)[O-])c(OCC3CCCCC3)c2)CC1.O=C(O)C(=O)O. The first-order valence-electron chi connectivity index (χ1n) is 13.0. The Morgan fingerprint density at radius 2 is 1.62 bits per heavy atom. The van der Waals surface area contributed by atoms with Crippen molar-refractivity contribution >= 4 is 29.4 Å². The van der Waals surface area contributed by atoms with Crippen LogP contribution in [0.25, 0.3) is 0 Å². The number of ether oxygens (including phenoxy) is 1. The highest BCUT2D eigenvalue weighted by Crippen LogP contribution is 2.31. The molecule has 1 saturated heterocycles. The summed E-state index contributed by atoms with van der Waals surface area (Å²) in [5.41, 5.74) is 1.09. The largest absolute Gasteiger partial charge is 0.487 e. The summed E-state index contributed by atoms with van der Waals surface area (Å²) in [6, 6.07) is 7.98. The number of nitro benzene ring substituents is 1. The molecule has 13 heteroatoms. The minimum atomic E-state index is -1.82. The highest BCUT2D eigenvalue weighted by molar-refractivity contribution is 6.27. The molecule has 214 valence electrons. The van der Waals surface area contributed by atoms with Gasteiger partial charge in [-0.15, -0.1) is 0 Å². The van der Waals surface area contributed by atoms with E-state index in [1.807, 2.05) is 6.07 Å². The molecule has 40 heavy (non-hydrogen) atoms. The molecule has 0 unspecified atom stereocenters. The fourth-order valence-electron chi connectivity index (χ4n) is 4.61. The summed E-state index contributed by atoms with van der Waals surface area (Å²) in [6.45, 7) is 2.14. The molecule has 2 heterocycles. The topological polar surface area (TPSA) is 180 Å². The number of carboxylic acid groups (broad SMARTS) is 2. The molecule has 1 aliphatic carbocycles. The maximum atomic E-state index is 13.1. The first-order chi connectivity index (χ1) is 19.2. The van der Waals surface area contributed by atoms with Crippen molar-refractivity contribution in [3.05, 3.63) is 64.0 Å². The zero-order valence-electron chi connectivity index (χ0n) is 21.9. The van der Waals surface area contributed by atoms with Crippen LogP contribution in [-0.4, -0.2) is 86.5 Å². The maximum Gasteiger partial charge on any atom is 0.414 e. The van der Waals surface area contributed by atoms with Crippen LogP contribution < -0.4 is 4.74 Å². The van der Waals surface area contributed by atoms with E-state index in [1.54, 1.807) is 28.3 Å². The molecule has 1 saturated carbocycles. The van der Waals surface area contributed by atoms with Crippen molar-refractivity contribution in [2.24, 2.45) is 5.92 Å². The second-order valence-corrected chi connectivity index (χ2v) is 9.58. The van der Waals surface area contributed by atoms with Gasteiger partial charge in [-0.05, 0) is 36.5 Å². The molecule has 0 atom stereocenters. The van der Waals surface area contributed by atoms with Crippen LogP contribution in [0.15, 0.2) is 42.7 Å². The summed E-state index contributed by atoms with van der Waals surface area (Å²) in [6.07, 6.45) is 9.31. The zero-order chi connectivity index (χ0) is 29.1. The Bertz CT molecular complexity index is 1200. The molecule has 1 aliphatic heterocycles. The number of carbonyl (C=O) groups is 4. The summed E-state index contributed by atoms with van der Waals surface area (Å²) in [5.74, 6) is -3.31. The number of nitrogens with zero attached hydrogens (tertiary/aromatic N) is 4. The van der Waals surface area contributed by atoms with E-state index in [2.05, 4.69) is 4.98 Å². The van der Waals surface area contributed by atoms with Crippen molar-refractivity contribution in [3.63, 3.8) is 0 Å². The molecular formula is C27H32N4O9. The Balaban J connectivity index is 0.000000663. The molecule has 1 aromatic heterocycles. The van der Waals surface area contributed by atoms with E-state index in [0.717, 1.165) is 31.2 Å². The number of rotatable bonds is 7. The number of aliphatic carboxylic acids is 2. The monoisotopic (exact) mass is 556 g/mol. The van der Waals surface area contributed by atoms with Gasteiger partial charge >= 0.3 is 17.6 Å². The van der Waals surface area contributed by atoms with Crippen LogP contribution in [0.3, 0.4) is 0 Å². The predicted octanol–water partition coefficient (Wildman–Crippen LogP) is 2.63. The van der Waals surface area contributed by atoms with E-state index in [9.17, 15) is 19.7 Å². The van der Waals surface area contributed by atoms with Crippen LogP contribution >= 0.6 is 0 Å². The lowest BCUT2D eigenvalue weighted by molar-refractivity contribution is -0.385. The molecule has 0 spiro atoms.